The highest BCUT2D eigenvalue weighted by Gasteiger charge is 2.12. The Labute approximate surface area is 184 Å². The summed E-state index contributed by atoms with van der Waals surface area (Å²) >= 11 is 12.9. The van der Waals surface area contributed by atoms with E-state index in [0.29, 0.717) is 44.4 Å². The van der Waals surface area contributed by atoms with Gasteiger partial charge in [-0.1, -0.05) is 47.5 Å². The molecule has 0 aliphatic heterocycles. The maximum absolute atomic E-state index is 6.45. The molecule has 0 spiro atoms. The van der Waals surface area contributed by atoms with Gasteiger partial charge in [0.25, 0.3) is 0 Å². The SMILES string of the molecule is Nc1cccc(Oc2ccc(-c3cc(Cl)c(Oc4cccc(N)c4)c(Cl)c3)cc2)c1. The first-order valence-corrected chi connectivity index (χ1v) is 9.90. The van der Waals surface area contributed by atoms with Crippen LogP contribution in [0.1, 0.15) is 0 Å². The van der Waals surface area contributed by atoms with E-state index < -0.39 is 0 Å². The van der Waals surface area contributed by atoms with Gasteiger partial charge in [0.2, 0.25) is 0 Å². The molecule has 0 aliphatic rings. The molecule has 0 aromatic heterocycles. The number of nitrogens with two attached hydrogens (primary N) is 2. The van der Waals surface area contributed by atoms with Crippen molar-refractivity contribution in [3.63, 3.8) is 0 Å². The predicted molar refractivity (Wildman–Crippen MR) is 124 cm³/mol. The van der Waals surface area contributed by atoms with Crippen LogP contribution in [-0.4, -0.2) is 0 Å². The van der Waals surface area contributed by atoms with Crippen molar-refractivity contribution in [1.29, 1.82) is 0 Å². The largest absolute Gasteiger partial charge is 0.457 e. The maximum Gasteiger partial charge on any atom is 0.164 e. The van der Waals surface area contributed by atoms with Gasteiger partial charge >= 0.3 is 0 Å². The molecule has 4 rings (SSSR count). The average Bonchev–Trinajstić information content (AvgIpc) is 2.71. The van der Waals surface area contributed by atoms with Gasteiger partial charge in [0.15, 0.2) is 5.75 Å². The van der Waals surface area contributed by atoms with Crippen molar-refractivity contribution in [3.05, 3.63) is 95.0 Å². The van der Waals surface area contributed by atoms with Crippen LogP contribution >= 0.6 is 23.2 Å². The van der Waals surface area contributed by atoms with Gasteiger partial charge in [-0.2, -0.15) is 0 Å². The molecule has 0 atom stereocenters. The van der Waals surface area contributed by atoms with E-state index >= 15 is 0 Å². The molecule has 0 radical (unpaired) electrons. The van der Waals surface area contributed by atoms with Crippen molar-refractivity contribution in [3.8, 4) is 34.1 Å². The fourth-order valence-electron chi connectivity index (χ4n) is 2.95. The van der Waals surface area contributed by atoms with Gasteiger partial charge in [-0.25, -0.2) is 0 Å². The summed E-state index contributed by atoms with van der Waals surface area (Å²) in [5.41, 5.74) is 14.6. The van der Waals surface area contributed by atoms with Gasteiger partial charge in [0.1, 0.15) is 17.2 Å². The van der Waals surface area contributed by atoms with E-state index in [1.807, 2.05) is 54.6 Å². The van der Waals surface area contributed by atoms with Crippen molar-refractivity contribution < 1.29 is 9.47 Å². The first kappa shape index (κ1) is 20.0. The van der Waals surface area contributed by atoms with Crippen molar-refractivity contribution in [2.45, 2.75) is 0 Å². The van der Waals surface area contributed by atoms with Crippen molar-refractivity contribution in [1.82, 2.24) is 0 Å². The number of hydrogen-bond acceptors (Lipinski definition) is 4. The molecule has 6 heteroatoms. The Hall–Kier alpha value is -3.34. The summed E-state index contributed by atoms with van der Waals surface area (Å²) in [6.45, 7) is 0. The standard InChI is InChI=1S/C24H18Cl2N2O2/c25-22-11-16(12-23(26)24(22)30-21-6-2-4-18(28)14-21)15-7-9-19(10-8-15)29-20-5-1-3-17(27)13-20/h1-14H,27-28H2. The second-order valence-electron chi connectivity index (χ2n) is 6.64. The molecule has 0 bridgehead atoms. The van der Waals surface area contributed by atoms with E-state index in [1.54, 1.807) is 30.3 Å². The zero-order valence-electron chi connectivity index (χ0n) is 15.8. The van der Waals surface area contributed by atoms with Crippen molar-refractivity contribution in [2.24, 2.45) is 0 Å². The molecule has 4 N–H and O–H groups in total. The summed E-state index contributed by atoms with van der Waals surface area (Å²) in [4.78, 5) is 0. The van der Waals surface area contributed by atoms with Crippen LogP contribution in [0.2, 0.25) is 10.0 Å². The summed E-state index contributed by atoms with van der Waals surface area (Å²) in [7, 11) is 0. The smallest absolute Gasteiger partial charge is 0.164 e. The Bertz CT molecular complexity index is 1170. The number of nitrogen functional groups attached to an aromatic ring is 2. The second-order valence-corrected chi connectivity index (χ2v) is 7.46. The minimum atomic E-state index is 0.384. The second kappa shape index (κ2) is 8.57. The number of ether oxygens (including phenoxy) is 2. The fraction of sp³-hybridized carbons (Fsp3) is 0. The lowest BCUT2D eigenvalue weighted by Crippen LogP contribution is -1.90. The Morgan fingerprint density at radius 1 is 0.533 bits per heavy atom. The molecule has 0 saturated heterocycles. The monoisotopic (exact) mass is 436 g/mol. The van der Waals surface area contributed by atoms with Crippen LogP contribution in [0.3, 0.4) is 0 Å². The number of hydrogen-bond donors (Lipinski definition) is 2. The van der Waals surface area contributed by atoms with Gasteiger partial charge in [0, 0.05) is 23.5 Å². The normalized spacial score (nSPS) is 10.6. The quantitative estimate of drug-likeness (QED) is 0.319. The molecule has 0 aliphatic carbocycles. The third-order valence-electron chi connectivity index (χ3n) is 4.36. The zero-order chi connectivity index (χ0) is 21.1. The molecule has 150 valence electrons. The van der Waals surface area contributed by atoms with Crippen LogP contribution in [0.25, 0.3) is 11.1 Å². The van der Waals surface area contributed by atoms with E-state index in [4.69, 9.17) is 44.1 Å². The summed E-state index contributed by atoms with van der Waals surface area (Å²) < 4.78 is 11.7. The summed E-state index contributed by atoms with van der Waals surface area (Å²) in [5, 5.41) is 0.806. The summed E-state index contributed by atoms with van der Waals surface area (Å²) in [6, 6.07) is 25.6. The first-order chi connectivity index (χ1) is 14.5. The Morgan fingerprint density at radius 3 is 1.60 bits per heavy atom. The molecule has 0 amide bonds. The highest BCUT2D eigenvalue weighted by Crippen LogP contribution is 2.40. The van der Waals surface area contributed by atoms with Crippen LogP contribution in [0.4, 0.5) is 11.4 Å². The first-order valence-electron chi connectivity index (χ1n) is 9.14. The number of halogens is 2. The third kappa shape index (κ3) is 4.62. The third-order valence-corrected chi connectivity index (χ3v) is 4.92. The number of rotatable bonds is 5. The van der Waals surface area contributed by atoms with Crippen LogP contribution in [0, 0.1) is 0 Å². The average molecular weight is 437 g/mol. The van der Waals surface area contributed by atoms with E-state index in [0.717, 1.165) is 11.1 Å². The minimum absolute atomic E-state index is 0.384. The lowest BCUT2D eigenvalue weighted by atomic mass is 10.1. The zero-order valence-corrected chi connectivity index (χ0v) is 17.3. The van der Waals surface area contributed by atoms with Gasteiger partial charge in [-0.15, -0.1) is 0 Å². The van der Waals surface area contributed by atoms with Gasteiger partial charge in [0.05, 0.1) is 10.0 Å². The fourth-order valence-corrected chi connectivity index (χ4v) is 3.51. The Kier molecular flexibility index (Phi) is 5.70. The molecular formula is C24H18Cl2N2O2. The van der Waals surface area contributed by atoms with E-state index in [1.165, 1.54) is 0 Å². The van der Waals surface area contributed by atoms with Crippen LogP contribution in [0.5, 0.6) is 23.0 Å². The van der Waals surface area contributed by atoms with E-state index in [-0.39, 0.29) is 0 Å². The molecule has 30 heavy (non-hydrogen) atoms. The van der Waals surface area contributed by atoms with E-state index in [9.17, 15) is 0 Å². The predicted octanol–water partition coefficient (Wildman–Crippen LogP) is 7.41. The summed E-state index contributed by atoms with van der Waals surface area (Å²) in [5.74, 6) is 2.32. The Morgan fingerprint density at radius 2 is 1.07 bits per heavy atom. The van der Waals surface area contributed by atoms with Crippen LogP contribution in [0.15, 0.2) is 84.9 Å². The number of anilines is 2. The Balaban J connectivity index is 1.55. The van der Waals surface area contributed by atoms with Gasteiger partial charge in [-0.05, 0) is 59.7 Å². The summed E-state index contributed by atoms with van der Waals surface area (Å²) in [6.07, 6.45) is 0. The molecule has 4 aromatic carbocycles. The van der Waals surface area contributed by atoms with Crippen LogP contribution in [-0.2, 0) is 0 Å². The highest BCUT2D eigenvalue weighted by molar-refractivity contribution is 6.37. The lowest BCUT2D eigenvalue weighted by Gasteiger charge is -2.13. The van der Waals surface area contributed by atoms with Crippen molar-refractivity contribution in [2.75, 3.05) is 11.5 Å². The highest BCUT2D eigenvalue weighted by atomic mass is 35.5. The maximum atomic E-state index is 6.45. The van der Waals surface area contributed by atoms with E-state index in [2.05, 4.69) is 0 Å². The lowest BCUT2D eigenvalue weighted by molar-refractivity contribution is 0.482. The van der Waals surface area contributed by atoms with Gasteiger partial charge in [-0.3, -0.25) is 0 Å². The molecule has 4 aromatic rings. The minimum Gasteiger partial charge on any atom is -0.457 e. The van der Waals surface area contributed by atoms with Crippen molar-refractivity contribution >= 4 is 34.6 Å². The van der Waals surface area contributed by atoms with Crippen LogP contribution < -0.4 is 20.9 Å². The molecule has 4 nitrogen and oxygen atoms in total. The molecule has 0 heterocycles. The molecule has 0 unspecified atom stereocenters. The molecule has 0 saturated carbocycles. The molecular weight excluding hydrogens is 419 g/mol. The topological polar surface area (TPSA) is 70.5 Å². The van der Waals surface area contributed by atoms with Gasteiger partial charge < -0.3 is 20.9 Å². The number of benzene rings is 4. The molecule has 0 fully saturated rings.